The molecule has 0 unspecified atom stereocenters. The molecule has 1 aromatic carbocycles. The molecule has 0 aliphatic rings. The molecular formula is C11H7ClFNO3. The fraction of sp³-hybridized carbons (Fsp3) is 0.0909. The maximum Gasteiger partial charge on any atom is 0.311 e. The van der Waals surface area contributed by atoms with Crippen molar-refractivity contribution in [2.24, 2.45) is 0 Å². The van der Waals surface area contributed by atoms with Gasteiger partial charge < -0.3 is 9.63 Å². The van der Waals surface area contributed by atoms with Gasteiger partial charge in [-0.15, -0.1) is 0 Å². The van der Waals surface area contributed by atoms with Crippen molar-refractivity contribution in [1.29, 1.82) is 0 Å². The van der Waals surface area contributed by atoms with Crippen LogP contribution in [0.25, 0.3) is 11.3 Å². The van der Waals surface area contributed by atoms with E-state index in [2.05, 4.69) is 5.16 Å². The fourth-order valence-corrected chi connectivity index (χ4v) is 1.67. The SMILES string of the molecule is O=C(O)Cc1cc(-c2c(F)cccc2Cl)no1. The quantitative estimate of drug-likeness (QED) is 0.916. The number of aliphatic carboxylic acids is 1. The number of rotatable bonds is 3. The molecule has 0 spiro atoms. The summed E-state index contributed by atoms with van der Waals surface area (Å²) in [5.74, 6) is -1.44. The maximum atomic E-state index is 13.5. The van der Waals surface area contributed by atoms with Gasteiger partial charge >= 0.3 is 5.97 Å². The van der Waals surface area contributed by atoms with E-state index in [4.69, 9.17) is 21.2 Å². The Hall–Kier alpha value is -1.88. The zero-order chi connectivity index (χ0) is 12.4. The zero-order valence-electron chi connectivity index (χ0n) is 8.48. The van der Waals surface area contributed by atoms with Crippen LogP contribution in [0.4, 0.5) is 4.39 Å². The minimum absolute atomic E-state index is 0.106. The summed E-state index contributed by atoms with van der Waals surface area (Å²) in [7, 11) is 0. The lowest BCUT2D eigenvalue weighted by Gasteiger charge is -2.00. The first kappa shape index (κ1) is 11.6. The Kier molecular flexibility index (Phi) is 3.10. The Morgan fingerprint density at radius 1 is 1.53 bits per heavy atom. The van der Waals surface area contributed by atoms with E-state index in [-0.39, 0.29) is 28.5 Å². The first-order valence-corrected chi connectivity index (χ1v) is 5.07. The normalized spacial score (nSPS) is 10.5. The monoisotopic (exact) mass is 255 g/mol. The van der Waals surface area contributed by atoms with Crippen LogP contribution in [-0.2, 0) is 11.2 Å². The van der Waals surface area contributed by atoms with E-state index < -0.39 is 11.8 Å². The van der Waals surface area contributed by atoms with Gasteiger partial charge in [-0.05, 0) is 12.1 Å². The molecule has 88 valence electrons. The van der Waals surface area contributed by atoms with Gasteiger partial charge in [0, 0.05) is 6.07 Å². The number of aromatic nitrogens is 1. The van der Waals surface area contributed by atoms with Crippen molar-refractivity contribution in [3.05, 3.63) is 40.9 Å². The molecule has 0 saturated carbocycles. The molecule has 0 atom stereocenters. The second-order valence-electron chi connectivity index (χ2n) is 3.35. The van der Waals surface area contributed by atoms with E-state index in [0.29, 0.717) is 0 Å². The van der Waals surface area contributed by atoms with E-state index in [9.17, 15) is 9.18 Å². The highest BCUT2D eigenvalue weighted by Crippen LogP contribution is 2.29. The molecule has 0 saturated heterocycles. The van der Waals surface area contributed by atoms with E-state index in [0.717, 1.165) is 0 Å². The van der Waals surface area contributed by atoms with E-state index in [1.54, 1.807) is 0 Å². The van der Waals surface area contributed by atoms with Gasteiger partial charge in [-0.25, -0.2) is 4.39 Å². The van der Waals surface area contributed by atoms with Crippen molar-refractivity contribution in [2.45, 2.75) is 6.42 Å². The number of carbonyl (C=O) groups is 1. The molecule has 0 amide bonds. The molecule has 1 heterocycles. The molecule has 6 heteroatoms. The summed E-state index contributed by atoms with van der Waals surface area (Å²) < 4.78 is 18.3. The zero-order valence-corrected chi connectivity index (χ0v) is 9.24. The first-order valence-electron chi connectivity index (χ1n) is 4.69. The molecule has 2 rings (SSSR count). The predicted octanol–water partition coefficient (Wildman–Crippen LogP) is 2.76. The van der Waals surface area contributed by atoms with Crippen LogP contribution in [-0.4, -0.2) is 16.2 Å². The standard InChI is InChI=1S/C11H7ClFNO3/c12-7-2-1-3-8(13)11(7)9-4-6(17-14-9)5-10(15)16/h1-4H,5H2,(H,15,16). The maximum absolute atomic E-state index is 13.5. The van der Waals surface area contributed by atoms with Gasteiger partial charge in [0.15, 0.2) is 0 Å². The summed E-state index contributed by atoms with van der Waals surface area (Å²) in [6, 6.07) is 5.59. The van der Waals surface area contributed by atoms with Crippen molar-refractivity contribution in [1.82, 2.24) is 5.16 Å². The number of nitrogens with zero attached hydrogens (tertiary/aromatic N) is 1. The van der Waals surface area contributed by atoms with E-state index in [1.165, 1.54) is 24.3 Å². The minimum Gasteiger partial charge on any atom is -0.481 e. The van der Waals surface area contributed by atoms with Crippen molar-refractivity contribution >= 4 is 17.6 Å². The van der Waals surface area contributed by atoms with Crippen LogP contribution in [0.5, 0.6) is 0 Å². The lowest BCUT2D eigenvalue weighted by atomic mass is 10.1. The van der Waals surface area contributed by atoms with Gasteiger partial charge in [0.2, 0.25) is 0 Å². The van der Waals surface area contributed by atoms with E-state index >= 15 is 0 Å². The second-order valence-corrected chi connectivity index (χ2v) is 3.75. The fourth-order valence-electron chi connectivity index (χ4n) is 1.41. The molecule has 17 heavy (non-hydrogen) atoms. The molecule has 4 nitrogen and oxygen atoms in total. The number of carboxylic acid groups (broad SMARTS) is 1. The highest BCUT2D eigenvalue weighted by atomic mass is 35.5. The third-order valence-electron chi connectivity index (χ3n) is 2.10. The summed E-state index contributed by atoms with van der Waals surface area (Å²) in [4.78, 5) is 10.5. The van der Waals surface area contributed by atoms with Gasteiger partial charge in [0.25, 0.3) is 0 Å². The van der Waals surface area contributed by atoms with Gasteiger partial charge in [-0.3, -0.25) is 4.79 Å². The average Bonchev–Trinajstić information content (AvgIpc) is 2.65. The molecule has 2 aromatic rings. The molecule has 0 radical (unpaired) electrons. The van der Waals surface area contributed by atoms with Crippen LogP contribution in [0.2, 0.25) is 5.02 Å². The van der Waals surface area contributed by atoms with Crippen LogP contribution in [0.3, 0.4) is 0 Å². The van der Waals surface area contributed by atoms with Crippen molar-refractivity contribution in [3.63, 3.8) is 0 Å². The highest BCUT2D eigenvalue weighted by Gasteiger charge is 2.15. The summed E-state index contributed by atoms with van der Waals surface area (Å²) >= 11 is 5.84. The number of hydrogen-bond acceptors (Lipinski definition) is 3. The van der Waals surface area contributed by atoms with Gasteiger partial charge in [-0.1, -0.05) is 22.8 Å². The Morgan fingerprint density at radius 2 is 2.29 bits per heavy atom. The third-order valence-corrected chi connectivity index (χ3v) is 2.42. The largest absolute Gasteiger partial charge is 0.481 e. The Balaban J connectivity index is 2.40. The lowest BCUT2D eigenvalue weighted by Crippen LogP contribution is -1.97. The average molecular weight is 256 g/mol. The molecular weight excluding hydrogens is 249 g/mol. The van der Waals surface area contributed by atoms with Gasteiger partial charge in [-0.2, -0.15) is 0 Å². The summed E-state index contributed by atoms with van der Waals surface area (Å²) in [6.07, 6.45) is -0.306. The number of benzene rings is 1. The lowest BCUT2D eigenvalue weighted by molar-refractivity contribution is -0.136. The molecule has 1 N–H and O–H groups in total. The predicted molar refractivity (Wildman–Crippen MR) is 58.2 cm³/mol. The summed E-state index contributed by atoms with van der Waals surface area (Å²) in [5.41, 5.74) is 0.291. The molecule has 0 aliphatic carbocycles. The summed E-state index contributed by atoms with van der Waals surface area (Å²) in [5, 5.41) is 12.4. The second kappa shape index (κ2) is 4.55. The Labute approximate surface area is 101 Å². The Bertz CT molecular complexity index is 547. The van der Waals surface area contributed by atoms with Crippen LogP contribution in [0.15, 0.2) is 28.8 Å². The number of halogens is 2. The van der Waals surface area contributed by atoms with Gasteiger partial charge in [0.05, 0.1) is 10.6 Å². The van der Waals surface area contributed by atoms with Gasteiger partial charge in [0.1, 0.15) is 23.7 Å². The van der Waals surface area contributed by atoms with E-state index in [1.807, 2.05) is 0 Å². The smallest absolute Gasteiger partial charge is 0.311 e. The van der Waals surface area contributed by atoms with Crippen molar-refractivity contribution < 1.29 is 18.8 Å². The number of hydrogen-bond donors (Lipinski definition) is 1. The van der Waals surface area contributed by atoms with Crippen LogP contribution in [0, 0.1) is 5.82 Å². The molecule has 0 bridgehead atoms. The first-order chi connectivity index (χ1) is 8.08. The van der Waals surface area contributed by atoms with Crippen LogP contribution >= 0.6 is 11.6 Å². The highest BCUT2D eigenvalue weighted by molar-refractivity contribution is 6.33. The topological polar surface area (TPSA) is 63.3 Å². The number of carboxylic acids is 1. The molecule has 1 aromatic heterocycles. The van der Waals surface area contributed by atoms with Crippen molar-refractivity contribution in [3.8, 4) is 11.3 Å². The van der Waals surface area contributed by atoms with Crippen molar-refractivity contribution in [2.75, 3.05) is 0 Å². The Morgan fingerprint density at radius 3 is 2.94 bits per heavy atom. The molecule has 0 fully saturated rings. The minimum atomic E-state index is -1.05. The summed E-state index contributed by atoms with van der Waals surface area (Å²) in [6.45, 7) is 0. The third kappa shape index (κ3) is 2.45. The van der Waals surface area contributed by atoms with Crippen LogP contribution in [0.1, 0.15) is 5.76 Å². The van der Waals surface area contributed by atoms with Crippen LogP contribution < -0.4 is 0 Å². The molecule has 0 aliphatic heterocycles.